The highest BCUT2D eigenvalue weighted by atomic mass is 16.2. The van der Waals surface area contributed by atoms with Gasteiger partial charge in [-0.05, 0) is 52.2 Å². The molecule has 0 unspecified atom stereocenters. The van der Waals surface area contributed by atoms with Crippen LogP contribution in [0.4, 0.5) is 10.5 Å². The van der Waals surface area contributed by atoms with E-state index in [9.17, 15) is 4.79 Å². The molecular formula is C21H25N5O. The van der Waals surface area contributed by atoms with Gasteiger partial charge in [0.15, 0.2) is 0 Å². The van der Waals surface area contributed by atoms with Gasteiger partial charge in [0, 0.05) is 34.4 Å². The van der Waals surface area contributed by atoms with Gasteiger partial charge < -0.3 is 10.6 Å². The largest absolute Gasteiger partial charge is 0.331 e. The van der Waals surface area contributed by atoms with Gasteiger partial charge in [0.25, 0.3) is 0 Å². The van der Waals surface area contributed by atoms with Crippen molar-refractivity contribution in [3.05, 3.63) is 54.1 Å². The molecule has 4 rings (SSSR count). The van der Waals surface area contributed by atoms with Crippen LogP contribution in [0.3, 0.4) is 0 Å². The van der Waals surface area contributed by atoms with Crippen LogP contribution < -0.4 is 10.6 Å². The number of carbonyl (C=O) groups excluding carboxylic acids is 1. The Hall–Kier alpha value is -2.89. The second-order valence-electron chi connectivity index (χ2n) is 8.07. The van der Waals surface area contributed by atoms with Crippen LogP contribution in [0.5, 0.6) is 0 Å². The summed E-state index contributed by atoms with van der Waals surface area (Å²) in [4.78, 5) is 16.8. The average molecular weight is 363 g/mol. The fourth-order valence-electron chi connectivity index (χ4n) is 3.83. The van der Waals surface area contributed by atoms with Crippen LogP contribution in [0.2, 0.25) is 0 Å². The summed E-state index contributed by atoms with van der Waals surface area (Å²) in [5, 5.41) is 12.7. The Morgan fingerprint density at radius 3 is 2.89 bits per heavy atom. The zero-order chi connectivity index (χ0) is 19.0. The van der Waals surface area contributed by atoms with E-state index in [2.05, 4.69) is 46.2 Å². The van der Waals surface area contributed by atoms with E-state index in [0.717, 1.165) is 41.3 Å². The Labute approximate surface area is 159 Å². The Morgan fingerprint density at radius 2 is 2.07 bits per heavy atom. The van der Waals surface area contributed by atoms with Gasteiger partial charge in [-0.15, -0.1) is 0 Å². The summed E-state index contributed by atoms with van der Waals surface area (Å²) in [5.41, 5.74) is 3.09. The predicted molar refractivity (Wildman–Crippen MR) is 107 cm³/mol. The van der Waals surface area contributed by atoms with Crippen LogP contribution in [0.25, 0.3) is 10.8 Å². The first-order valence-corrected chi connectivity index (χ1v) is 9.41. The highest BCUT2D eigenvalue weighted by molar-refractivity contribution is 6.01. The zero-order valence-corrected chi connectivity index (χ0v) is 16.0. The van der Waals surface area contributed by atoms with Gasteiger partial charge in [0.2, 0.25) is 0 Å². The maximum Gasteiger partial charge on any atom is 0.319 e. The van der Waals surface area contributed by atoms with Crippen molar-refractivity contribution < 1.29 is 4.79 Å². The van der Waals surface area contributed by atoms with E-state index in [1.54, 1.807) is 12.4 Å². The molecule has 27 heavy (non-hydrogen) atoms. The molecule has 0 bridgehead atoms. The van der Waals surface area contributed by atoms with Crippen molar-refractivity contribution in [3.8, 4) is 0 Å². The number of fused-ring (bicyclic) bond motifs is 2. The summed E-state index contributed by atoms with van der Waals surface area (Å²) in [6.45, 7) is 6.46. The number of hydrogen-bond donors (Lipinski definition) is 2. The molecule has 6 nitrogen and oxygen atoms in total. The van der Waals surface area contributed by atoms with E-state index in [4.69, 9.17) is 0 Å². The summed E-state index contributed by atoms with van der Waals surface area (Å²) in [6.07, 6.45) is 8.42. The number of anilines is 1. The molecule has 0 saturated carbocycles. The van der Waals surface area contributed by atoms with Gasteiger partial charge in [0.05, 0.1) is 23.5 Å². The van der Waals surface area contributed by atoms with Gasteiger partial charge in [-0.2, -0.15) is 5.10 Å². The third-order valence-corrected chi connectivity index (χ3v) is 5.05. The minimum absolute atomic E-state index is 0.0125. The van der Waals surface area contributed by atoms with Crippen molar-refractivity contribution >= 4 is 22.5 Å². The molecule has 0 radical (unpaired) electrons. The summed E-state index contributed by atoms with van der Waals surface area (Å²) in [6, 6.07) is 7.52. The first-order chi connectivity index (χ1) is 12.9. The molecule has 6 heteroatoms. The Bertz CT molecular complexity index is 980. The molecule has 3 aromatic rings. The van der Waals surface area contributed by atoms with Gasteiger partial charge in [-0.3, -0.25) is 9.67 Å². The molecule has 0 spiro atoms. The SMILES string of the molecule is CC(C)(C)n1ncc2c1CCC[C@H]2NC(=O)Nc1cccc2cnccc12. The first kappa shape index (κ1) is 17.5. The molecule has 1 aliphatic carbocycles. The van der Waals surface area contributed by atoms with Crippen molar-refractivity contribution in [1.29, 1.82) is 0 Å². The molecule has 1 aromatic carbocycles. The molecule has 0 aliphatic heterocycles. The highest BCUT2D eigenvalue weighted by Gasteiger charge is 2.29. The lowest BCUT2D eigenvalue weighted by molar-refractivity contribution is 0.247. The Morgan fingerprint density at radius 1 is 1.22 bits per heavy atom. The Kier molecular flexibility index (Phi) is 4.34. The van der Waals surface area contributed by atoms with Crippen LogP contribution in [0.1, 0.15) is 50.9 Å². The average Bonchev–Trinajstić information content (AvgIpc) is 3.07. The summed E-state index contributed by atoms with van der Waals surface area (Å²) in [7, 11) is 0. The standard InChI is InChI=1S/C21H25N5O/c1-21(2,3)26-19-9-5-8-18(16(19)13-23-26)25-20(27)24-17-7-4-6-14-12-22-11-10-15(14)17/h4,6-7,10-13,18H,5,8-9H2,1-3H3,(H2,24,25,27)/t18-/m1/s1. The topological polar surface area (TPSA) is 71.8 Å². The first-order valence-electron chi connectivity index (χ1n) is 9.41. The van der Waals surface area contributed by atoms with E-state index in [1.807, 2.05) is 30.5 Å². The molecule has 2 amide bonds. The summed E-state index contributed by atoms with van der Waals surface area (Å²) >= 11 is 0. The third kappa shape index (κ3) is 3.39. The zero-order valence-electron chi connectivity index (χ0n) is 16.0. The van der Waals surface area contributed by atoms with E-state index >= 15 is 0 Å². The molecule has 1 aliphatic rings. The van der Waals surface area contributed by atoms with E-state index in [1.165, 1.54) is 5.69 Å². The number of nitrogens with one attached hydrogen (secondary N) is 2. The lowest BCUT2D eigenvalue weighted by Gasteiger charge is -2.28. The lowest BCUT2D eigenvalue weighted by Crippen LogP contribution is -2.35. The molecule has 2 heterocycles. The molecular weight excluding hydrogens is 338 g/mol. The lowest BCUT2D eigenvalue weighted by atomic mass is 9.92. The smallest absolute Gasteiger partial charge is 0.319 e. The number of benzene rings is 1. The number of amides is 2. The maximum absolute atomic E-state index is 12.7. The van der Waals surface area contributed by atoms with Crippen LogP contribution in [0.15, 0.2) is 42.9 Å². The quantitative estimate of drug-likeness (QED) is 0.709. The number of hydrogen-bond acceptors (Lipinski definition) is 3. The Balaban J connectivity index is 1.54. The number of aromatic nitrogens is 3. The van der Waals surface area contributed by atoms with Crippen molar-refractivity contribution in [2.45, 2.75) is 51.6 Å². The molecule has 1 atom stereocenters. The minimum atomic E-state index is -0.194. The van der Waals surface area contributed by atoms with E-state index in [0.29, 0.717) is 0 Å². The number of rotatable bonds is 2. The summed E-state index contributed by atoms with van der Waals surface area (Å²) < 4.78 is 2.09. The molecule has 2 N–H and O–H groups in total. The predicted octanol–water partition coefficient (Wildman–Crippen LogP) is 4.39. The second-order valence-corrected chi connectivity index (χ2v) is 8.07. The summed E-state index contributed by atoms with van der Waals surface area (Å²) in [5.74, 6) is 0. The maximum atomic E-state index is 12.7. The fourth-order valence-corrected chi connectivity index (χ4v) is 3.83. The fraction of sp³-hybridized carbons (Fsp3) is 0.381. The molecule has 2 aromatic heterocycles. The van der Waals surface area contributed by atoms with Gasteiger partial charge in [0.1, 0.15) is 0 Å². The number of urea groups is 1. The monoisotopic (exact) mass is 363 g/mol. The normalized spacial score (nSPS) is 16.8. The highest BCUT2D eigenvalue weighted by Crippen LogP contribution is 2.32. The minimum Gasteiger partial charge on any atom is -0.331 e. The number of carbonyl (C=O) groups is 1. The third-order valence-electron chi connectivity index (χ3n) is 5.05. The number of pyridine rings is 1. The molecule has 140 valence electrons. The molecule has 0 fully saturated rings. The van der Waals surface area contributed by atoms with Crippen molar-refractivity contribution in [1.82, 2.24) is 20.1 Å². The van der Waals surface area contributed by atoms with Crippen LogP contribution in [-0.4, -0.2) is 20.8 Å². The van der Waals surface area contributed by atoms with Crippen molar-refractivity contribution in [2.75, 3.05) is 5.32 Å². The van der Waals surface area contributed by atoms with Gasteiger partial charge in [-0.25, -0.2) is 4.79 Å². The van der Waals surface area contributed by atoms with Crippen molar-refractivity contribution in [3.63, 3.8) is 0 Å². The van der Waals surface area contributed by atoms with Gasteiger partial charge >= 0.3 is 6.03 Å². The second kappa shape index (κ2) is 6.68. The van der Waals surface area contributed by atoms with Crippen LogP contribution in [0, 0.1) is 0 Å². The van der Waals surface area contributed by atoms with Crippen LogP contribution in [-0.2, 0) is 12.0 Å². The van der Waals surface area contributed by atoms with Gasteiger partial charge in [-0.1, -0.05) is 12.1 Å². The van der Waals surface area contributed by atoms with Crippen molar-refractivity contribution in [2.24, 2.45) is 0 Å². The number of nitrogens with zero attached hydrogens (tertiary/aromatic N) is 3. The van der Waals surface area contributed by atoms with Crippen LogP contribution >= 0.6 is 0 Å². The van der Waals surface area contributed by atoms with E-state index < -0.39 is 0 Å². The molecule has 0 saturated heterocycles. The van der Waals surface area contributed by atoms with E-state index in [-0.39, 0.29) is 17.6 Å².